The molecule has 18 heavy (non-hydrogen) atoms. The Labute approximate surface area is 103 Å². The minimum absolute atomic E-state index is 0.0443. The summed E-state index contributed by atoms with van der Waals surface area (Å²) in [5.74, 6) is -0.888. The van der Waals surface area contributed by atoms with Crippen molar-refractivity contribution in [3.8, 4) is 6.07 Å². The zero-order valence-corrected chi connectivity index (χ0v) is 9.42. The third kappa shape index (κ3) is 2.10. The largest absolute Gasteiger partial charge is 0.206 e. The number of nitriles is 1. The third-order valence-electron chi connectivity index (χ3n) is 2.76. The van der Waals surface area contributed by atoms with Crippen LogP contribution in [0.15, 0.2) is 41.5 Å². The summed E-state index contributed by atoms with van der Waals surface area (Å²) in [5.41, 5.74) is 8.99. The van der Waals surface area contributed by atoms with Crippen LogP contribution in [0, 0.1) is 17.1 Å². The van der Waals surface area contributed by atoms with Crippen molar-refractivity contribution in [1.29, 1.82) is 5.26 Å². The van der Waals surface area contributed by atoms with Crippen molar-refractivity contribution in [2.75, 3.05) is 6.54 Å². The molecule has 2 rings (SSSR count). The molecule has 88 valence electrons. The maximum atomic E-state index is 13.6. The summed E-state index contributed by atoms with van der Waals surface area (Å²) in [7, 11) is 0. The smallest absolute Gasteiger partial charge is 0.131 e. The van der Waals surface area contributed by atoms with E-state index in [0.717, 1.165) is 0 Å². The number of azide groups is 1. The highest BCUT2D eigenvalue weighted by Crippen LogP contribution is 2.27. The molecule has 0 fully saturated rings. The van der Waals surface area contributed by atoms with E-state index >= 15 is 0 Å². The van der Waals surface area contributed by atoms with Gasteiger partial charge in [0.25, 0.3) is 0 Å². The fraction of sp³-hybridized carbons (Fsp3) is 0.154. The molecule has 2 aromatic carbocycles. The van der Waals surface area contributed by atoms with Crippen molar-refractivity contribution < 1.29 is 4.39 Å². The van der Waals surface area contributed by atoms with Gasteiger partial charge in [0.1, 0.15) is 5.82 Å². The number of halogens is 1. The second kappa shape index (κ2) is 5.17. The zero-order chi connectivity index (χ0) is 13.0. The van der Waals surface area contributed by atoms with E-state index in [4.69, 9.17) is 10.8 Å². The topological polar surface area (TPSA) is 72.5 Å². The summed E-state index contributed by atoms with van der Waals surface area (Å²) in [6.45, 7) is 0.0443. The lowest BCUT2D eigenvalue weighted by atomic mass is 9.94. The number of hydrogen-bond donors (Lipinski definition) is 0. The van der Waals surface area contributed by atoms with Crippen LogP contribution in [0.4, 0.5) is 4.39 Å². The summed E-state index contributed by atoms with van der Waals surface area (Å²) < 4.78 is 13.6. The maximum Gasteiger partial charge on any atom is 0.131 e. The average Bonchev–Trinajstić information content (AvgIpc) is 2.42. The van der Waals surface area contributed by atoms with Crippen LogP contribution in [0.2, 0.25) is 0 Å². The molecule has 0 saturated heterocycles. The monoisotopic (exact) mass is 240 g/mol. The normalized spacial score (nSPS) is 11.6. The van der Waals surface area contributed by atoms with Gasteiger partial charge in [0.05, 0.1) is 12.0 Å². The quantitative estimate of drug-likeness (QED) is 0.455. The van der Waals surface area contributed by atoms with Crippen LogP contribution in [-0.2, 0) is 0 Å². The van der Waals surface area contributed by atoms with Crippen molar-refractivity contribution >= 4 is 10.8 Å². The highest BCUT2D eigenvalue weighted by atomic mass is 19.1. The average molecular weight is 240 g/mol. The van der Waals surface area contributed by atoms with Crippen LogP contribution in [0.25, 0.3) is 21.2 Å². The Hall–Kier alpha value is -2.57. The van der Waals surface area contributed by atoms with Gasteiger partial charge in [-0.25, -0.2) is 4.39 Å². The van der Waals surface area contributed by atoms with E-state index in [-0.39, 0.29) is 12.4 Å². The van der Waals surface area contributed by atoms with Crippen molar-refractivity contribution in [3.63, 3.8) is 0 Å². The number of hydrogen-bond acceptors (Lipinski definition) is 2. The standard InChI is InChI=1S/C13H9FN4/c14-13-6-5-10(9(7-15)8-17-18-16)11-3-1-2-4-12(11)13/h1-6,9H,8H2/t9-/m1/s1. The summed E-state index contributed by atoms with van der Waals surface area (Å²) in [6, 6.07) is 11.9. The molecule has 0 aliphatic heterocycles. The second-order valence-electron chi connectivity index (χ2n) is 3.78. The van der Waals surface area contributed by atoms with E-state index in [2.05, 4.69) is 16.1 Å². The number of benzene rings is 2. The first-order valence-electron chi connectivity index (χ1n) is 5.35. The molecule has 4 nitrogen and oxygen atoms in total. The molecule has 0 amide bonds. The maximum absolute atomic E-state index is 13.6. The Bertz CT molecular complexity index is 668. The fourth-order valence-corrected chi connectivity index (χ4v) is 1.92. The van der Waals surface area contributed by atoms with E-state index < -0.39 is 5.92 Å². The van der Waals surface area contributed by atoms with Crippen molar-refractivity contribution in [3.05, 3.63) is 58.2 Å². The summed E-state index contributed by atoms with van der Waals surface area (Å²) in [4.78, 5) is 2.65. The molecule has 2 aromatic rings. The molecule has 0 saturated carbocycles. The van der Waals surface area contributed by atoms with Crippen LogP contribution in [0.1, 0.15) is 11.5 Å². The first kappa shape index (κ1) is 11.9. The summed E-state index contributed by atoms with van der Waals surface area (Å²) >= 11 is 0. The molecule has 0 radical (unpaired) electrons. The number of fused-ring (bicyclic) bond motifs is 1. The Morgan fingerprint density at radius 2 is 2.00 bits per heavy atom. The molecule has 0 heterocycles. The lowest BCUT2D eigenvalue weighted by molar-refractivity contribution is 0.639. The van der Waals surface area contributed by atoms with Crippen LogP contribution < -0.4 is 0 Å². The van der Waals surface area contributed by atoms with Crippen molar-refractivity contribution in [1.82, 2.24) is 0 Å². The molecule has 0 aliphatic carbocycles. The summed E-state index contributed by atoms with van der Waals surface area (Å²) in [6.07, 6.45) is 0. The SMILES string of the molecule is N#C[C@H](CN=[N+]=[N-])c1ccc(F)c2ccccc12. The van der Waals surface area contributed by atoms with E-state index in [1.165, 1.54) is 6.07 Å². The number of nitrogens with zero attached hydrogens (tertiary/aromatic N) is 4. The summed E-state index contributed by atoms with van der Waals surface area (Å²) in [5, 5.41) is 13.7. The predicted molar refractivity (Wildman–Crippen MR) is 66.3 cm³/mol. The number of rotatable bonds is 3. The molecular formula is C13H9FN4. The van der Waals surface area contributed by atoms with Crippen LogP contribution in [0.3, 0.4) is 0 Å². The Kier molecular flexibility index (Phi) is 3.42. The minimum Gasteiger partial charge on any atom is -0.206 e. The molecule has 0 spiro atoms. The minimum atomic E-state index is -0.564. The van der Waals surface area contributed by atoms with Crippen molar-refractivity contribution in [2.24, 2.45) is 5.11 Å². The Morgan fingerprint density at radius 1 is 1.28 bits per heavy atom. The van der Waals surface area contributed by atoms with E-state index in [1.807, 2.05) is 0 Å². The second-order valence-corrected chi connectivity index (χ2v) is 3.78. The van der Waals surface area contributed by atoms with E-state index in [0.29, 0.717) is 16.3 Å². The van der Waals surface area contributed by atoms with Gasteiger partial charge in [-0.15, -0.1) is 0 Å². The fourth-order valence-electron chi connectivity index (χ4n) is 1.92. The molecule has 0 N–H and O–H groups in total. The van der Waals surface area contributed by atoms with E-state index in [1.54, 1.807) is 30.3 Å². The highest BCUT2D eigenvalue weighted by molar-refractivity contribution is 5.87. The molecule has 0 unspecified atom stereocenters. The van der Waals surface area contributed by atoms with Crippen LogP contribution in [-0.4, -0.2) is 6.54 Å². The Morgan fingerprint density at radius 3 is 2.67 bits per heavy atom. The highest BCUT2D eigenvalue weighted by Gasteiger charge is 2.14. The van der Waals surface area contributed by atoms with Gasteiger partial charge in [-0.2, -0.15) is 5.26 Å². The Balaban J connectivity index is 2.60. The zero-order valence-electron chi connectivity index (χ0n) is 9.42. The van der Waals surface area contributed by atoms with Gasteiger partial charge < -0.3 is 0 Å². The van der Waals surface area contributed by atoms with Gasteiger partial charge in [0.2, 0.25) is 0 Å². The first-order chi connectivity index (χ1) is 8.77. The molecular weight excluding hydrogens is 231 g/mol. The van der Waals surface area contributed by atoms with Gasteiger partial charge in [-0.1, -0.05) is 35.4 Å². The van der Waals surface area contributed by atoms with Crippen molar-refractivity contribution in [2.45, 2.75) is 5.92 Å². The van der Waals surface area contributed by atoms with E-state index in [9.17, 15) is 4.39 Å². The van der Waals surface area contributed by atoms with Gasteiger partial charge in [-0.3, -0.25) is 0 Å². The first-order valence-corrected chi connectivity index (χ1v) is 5.35. The lowest BCUT2D eigenvalue weighted by Gasteiger charge is -2.10. The van der Waals surface area contributed by atoms with Crippen LogP contribution in [0.5, 0.6) is 0 Å². The molecule has 0 aliphatic rings. The van der Waals surface area contributed by atoms with Gasteiger partial charge in [-0.05, 0) is 22.5 Å². The molecule has 0 aromatic heterocycles. The van der Waals surface area contributed by atoms with Gasteiger partial charge in [0.15, 0.2) is 0 Å². The lowest BCUT2D eigenvalue weighted by Crippen LogP contribution is -2.01. The molecule has 0 bridgehead atoms. The van der Waals surface area contributed by atoms with Crippen LogP contribution >= 0.6 is 0 Å². The molecule has 1 atom stereocenters. The van der Waals surface area contributed by atoms with Gasteiger partial charge in [0, 0.05) is 16.8 Å². The van der Waals surface area contributed by atoms with Gasteiger partial charge >= 0.3 is 0 Å². The predicted octanol–water partition coefficient (Wildman–Crippen LogP) is 3.90. The molecule has 5 heteroatoms. The third-order valence-corrected chi connectivity index (χ3v) is 2.76.